The Balaban J connectivity index is 0.00000242. The van der Waals surface area contributed by atoms with Crippen LogP contribution in [0.1, 0.15) is 24.8 Å². The van der Waals surface area contributed by atoms with Crippen LogP contribution in [-0.2, 0) is 11.2 Å². The first kappa shape index (κ1) is 18.6. The van der Waals surface area contributed by atoms with E-state index in [-0.39, 0.29) is 24.4 Å². The van der Waals surface area contributed by atoms with Crippen molar-refractivity contribution in [1.82, 2.24) is 10.6 Å². The summed E-state index contributed by atoms with van der Waals surface area (Å²) in [6.07, 6.45) is 3.75. The summed E-state index contributed by atoms with van der Waals surface area (Å²) in [6, 6.07) is 5.78. The summed E-state index contributed by atoms with van der Waals surface area (Å²) < 4.78 is 10.6. The van der Waals surface area contributed by atoms with E-state index in [9.17, 15) is 4.79 Å². The fourth-order valence-electron chi connectivity index (χ4n) is 2.60. The molecule has 5 nitrogen and oxygen atoms in total. The van der Waals surface area contributed by atoms with Gasteiger partial charge in [0.05, 0.1) is 20.3 Å². The topological polar surface area (TPSA) is 59.6 Å². The molecule has 124 valence electrons. The molecule has 0 aliphatic carbocycles. The fraction of sp³-hybridized carbons (Fsp3) is 0.562. The molecule has 2 N–H and O–H groups in total. The SMILES string of the molecule is COc1ccc(OC)c(CCCNC(=O)C2CCCN2)c1.Cl. The average molecular weight is 329 g/mol. The largest absolute Gasteiger partial charge is 0.497 e. The van der Waals surface area contributed by atoms with E-state index in [1.165, 1.54) is 0 Å². The number of nitrogens with one attached hydrogen (secondary N) is 2. The van der Waals surface area contributed by atoms with E-state index in [4.69, 9.17) is 9.47 Å². The quantitative estimate of drug-likeness (QED) is 0.751. The van der Waals surface area contributed by atoms with Gasteiger partial charge in [0, 0.05) is 6.54 Å². The Labute approximate surface area is 138 Å². The number of methoxy groups -OCH3 is 2. The molecule has 1 amide bonds. The third-order valence-electron chi connectivity index (χ3n) is 3.79. The van der Waals surface area contributed by atoms with Gasteiger partial charge in [0.1, 0.15) is 11.5 Å². The maximum absolute atomic E-state index is 11.9. The van der Waals surface area contributed by atoms with Gasteiger partial charge in [-0.2, -0.15) is 0 Å². The zero-order valence-corrected chi connectivity index (χ0v) is 14.0. The van der Waals surface area contributed by atoms with Gasteiger partial charge in [-0.05, 0) is 56.0 Å². The summed E-state index contributed by atoms with van der Waals surface area (Å²) in [7, 11) is 3.32. The van der Waals surface area contributed by atoms with Gasteiger partial charge in [-0.25, -0.2) is 0 Å². The third kappa shape index (κ3) is 5.07. The van der Waals surface area contributed by atoms with E-state index >= 15 is 0 Å². The average Bonchev–Trinajstić information content (AvgIpc) is 3.05. The van der Waals surface area contributed by atoms with Crippen LogP contribution >= 0.6 is 12.4 Å². The summed E-state index contributed by atoms with van der Waals surface area (Å²) in [5.41, 5.74) is 1.10. The Morgan fingerprint density at radius 1 is 1.36 bits per heavy atom. The molecule has 22 heavy (non-hydrogen) atoms. The van der Waals surface area contributed by atoms with Crippen molar-refractivity contribution in [2.75, 3.05) is 27.3 Å². The zero-order chi connectivity index (χ0) is 15.1. The van der Waals surface area contributed by atoms with E-state index in [1.807, 2.05) is 18.2 Å². The first-order chi connectivity index (χ1) is 10.2. The van der Waals surface area contributed by atoms with Crippen LogP contribution in [0.2, 0.25) is 0 Å². The van der Waals surface area contributed by atoms with Crippen molar-refractivity contribution in [3.05, 3.63) is 23.8 Å². The van der Waals surface area contributed by atoms with E-state index in [2.05, 4.69) is 10.6 Å². The molecule has 0 spiro atoms. The molecule has 2 rings (SSSR count). The van der Waals surface area contributed by atoms with Crippen LogP contribution in [0.15, 0.2) is 18.2 Å². The number of hydrogen-bond acceptors (Lipinski definition) is 4. The van der Waals surface area contributed by atoms with E-state index < -0.39 is 0 Å². The molecule has 0 bridgehead atoms. The van der Waals surface area contributed by atoms with Crippen LogP contribution in [0, 0.1) is 0 Å². The minimum absolute atomic E-state index is 0. The summed E-state index contributed by atoms with van der Waals surface area (Å²) in [6.45, 7) is 1.62. The predicted molar refractivity (Wildman–Crippen MR) is 89.1 cm³/mol. The Morgan fingerprint density at radius 3 is 2.82 bits per heavy atom. The zero-order valence-electron chi connectivity index (χ0n) is 13.2. The van der Waals surface area contributed by atoms with E-state index in [0.29, 0.717) is 6.54 Å². The molecule has 1 unspecified atom stereocenters. The van der Waals surface area contributed by atoms with Crippen LogP contribution in [0.4, 0.5) is 0 Å². The van der Waals surface area contributed by atoms with E-state index in [0.717, 1.165) is 49.3 Å². The van der Waals surface area contributed by atoms with Gasteiger partial charge in [-0.1, -0.05) is 0 Å². The van der Waals surface area contributed by atoms with E-state index in [1.54, 1.807) is 14.2 Å². The molecule has 6 heteroatoms. The number of amides is 1. The lowest BCUT2D eigenvalue weighted by Crippen LogP contribution is -2.40. The minimum atomic E-state index is -0.00337. The third-order valence-corrected chi connectivity index (χ3v) is 3.79. The Bertz CT molecular complexity index is 476. The Hall–Kier alpha value is -1.46. The van der Waals surface area contributed by atoms with Gasteiger partial charge >= 0.3 is 0 Å². The highest BCUT2D eigenvalue weighted by molar-refractivity contribution is 5.85. The number of ether oxygens (including phenoxy) is 2. The molecule has 1 aliphatic heterocycles. The smallest absolute Gasteiger partial charge is 0.237 e. The maximum atomic E-state index is 11.9. The van der Waals surface area contributed by atoms with Crippen LogP contribution < -0.4 is 20.1 Å². The second-order valence-corrected chi connectivity index (χ2v) is 5.22. The number of halogens is 1. The Morgan fingerprint density at radius 2 is 2.18 bits per heavy atom. The van der Waals surface area contributed by atoms with Crippen LogP contribution in [0.25, 0.3) is 0 Å². The summed E-state index contributed by atoms with van der Waals surface area (Å²) >= 11 is 0. The second kappa shape index (κ2) is 9.54. The number of carbonyl (C=O) groups is 1. The molecule has 1 heterocycles. The van der Waals surface area contributed by atoms with Crippen LogP contribution in [0.3, 0.4) is 0 Å². The number of hydrogen-bond donors (Lipinski definition) is 2. The first-order valence-electron chi connectivity index (χ1n) is 7.46. The van der Waals surface area contributed by atoms with Crippen molar-refractivity contribution in [3.8, 4) is 11.5 Å². The molecule has 1 aromatic rings. The van der Waals surface area contributed by atoms with Crippen molar-refractivity contribution >= 4 is 18.3 Å². The lowest BCUT2D eigenvalue weighted by atomic mass is 10.1. The second-order valence-electron chi connectivity index (χ2n) is 5.22. The lowest BCUT2D eigenvalue weighted by Gasteiger charge is -2.12. The molecule has 1 atom stereocenters. The molecule has 0 saturated carbocycles. The van der Waals surface area contributed by atoms with Gasteiger partial charge in [-0.3, -0.25) is 4.79 Å². The van der Waals surface area contributed by atoms with Crippen molar-refractivity contribution in [2.24, 2.45) is 0 Å². The fourth-order valence-corrected chi connectivity index (χ4v) is 2.60. The van der Waals surface area contributed by atoms with Gasteiger partial charge < -0.3 is 20.1 Å². The van der Waals surface area contributed by atoms with Gasteiger partial charge in [-0.15, -0.1) is 12.4 Å². The summed E-state index contributed by atoms with van der Waals surface area (Å²) in [5.74, 6) is 1.80. The molecule has 0 aromatic heterocycles. The van der Waals surface area contributed by atoms with Gasteiger partial charge in [0.25, 0.3) is 0 Å². The standard InChI is InChI=1S/C16H24N2O3.ClH/c1-20-13-7-8-15(21-2)12(11-13)5-3-10-18-16(19)14-6-4-9-17-14;/h7-8,11,14,17H,3-6,9-10H2,1-2H3,(H,18,19);1H. The van der Waals surface area contributed by atoms with Crippen molar-refractivity contribution in [1.29, 1.82) is 0 Å². The lowest BCUT2D eigenvalue weighted by molar-refractivity contribution is -0.122. The highest BCUT2D eigenvalue weighted by Gasteiger charge is 2.21. The molecule has 0 radical (unpaired) electrons. The van der Waals surface area contributed by atoms with Gasteiger partial charge in [0.15, 0.2) is 0 Å². The predicted octanol–water partition coefficient (Wildman–Crippen LogP) is 1.93. The monoisotopic (exact) mass is 328 g/mol. The minimum Gasteiger partial charge on any atom is -0.497 e. The number of benzene rings is 1. The van der Waals surface area contributed by atoms with Crippen molar-refractivity contribution in [3.63, 3.8) is 0 Å². The summed E-state index contributed by atoms with van der Waals surface area (Å²) in [4.78, 5) is 11.9. The number of carbonyl (C=O) groups excluding carboxylic acids is 1. The summed E-state index contributed by atoms with van der Waals surface area (Å²) in [5, 5.41) is 6.19. The number of rotatable bonds is 7. The molecule has 1 saturated heterocycles. The highest BCUT2D eigenvalue weighted by atomic mass is 35.5. The first-order valence-corrected chi connectivity index (χ1v) is 7.46. The normalized spacial score (nSPS) is 16.7. The maximum Gasteiger partial charge on any atom is 0.237 e. The highest BCUT2D eigenvalue weighted by Crippen LogP contribution is 2.24. The molecule has 1 fully saturated rings. The Kier molecular flexibility index (Phi) is 8.06. The van der Waals surface area contributed by atoms with Gasteiger partial charge in [0.2, 0.25) is 5.91 Å². The van der Waals surface area contributed by atoms with Crippen molar-refractivity contribution < 1.29 is 14.3 Å². The molecule has 1 aliphatic rings. The van der Waals surface area contributed by atoms with Crippen molar-refractivity contribution in [2.45, 2.75) is 31.7 Å². The van der Waals surface area contributed by atoms with Crippen LogP contribution in [0.5, 0.6) is 11.5 Å². The molecule has 1 aromatic carbocycles. The number of aryl methyl sites for hydroxylation is 1. The molecular weight excluding hydrogens is 304 g/mol. The van der Waals surface area contributed by atoms with Crippen LogP contribution in [-0.4, -0.2) is 39.3 Å². The molecular formula is C16H25ClN2O3.